The van der Waals surface area contributed by atoms with Gasteiger partial charge in [0.1, 0.15) is 5.82 Å². The Morgan fingerprint density at radius 3 is 2.89 bits per heavy atom. The van der Waals surface area contributed by atoms with Crippen LogP contribution in [0.2, 0.25) is 0 Å². The third-order valence-corrected chi connectivity index (χ3v) is 3.52. The molecule has 0 atom stereocenters. The minimum atomic E-state index is -0.243. The summed E-state index contributed by atoms with van der Waals surface area (Å²) >= 11 is 1.43. The Kier molecular flexibility index (Phi) is 6.75. The van der Waals surface area contributed by atoms with Crippen LogP contribution in [-0.4, -0.2) is 25.3 Å². The largest absolute Gasteiger partial charge is 0.358 e. The predicted octanol–water partition coefficient (Wildman–Crippen LogP) is 2.16. The zero-order valence-electron chi connectivity index (χ0n) is 10.8. The van der Waals surface area contributed by atoms with Crippen LogP contribution in [0.15, 0.2) is 23.1 Å². The van der Waals surface area contributed by atoms with Gasteiger partial charge >= 0.3 is 0 Å². The van der Waals surface area contributed by atoms with Crippen LogP contribution in [0.1, 0.15) is 18.9 Å². The van der Waals surface area contributed by atoms with E-state index in [4.69, 9.17) is 0 Å². The first kappa shape index (κ1) is 15.0. The molecule has 0 aliphatic carbocycles. The molecule has 100 valence electrons. The summed E-state index contributed by atoms with van der Waals surface area (Å²) in [4.78, 5) is 12.1. The van der Waals surface area contributed by atoms with Crippen LogP contribution < -0.4 is 10.6 Å². The molecule has 1 amide bonds. The molecule has 0 saturated heterocycles. The first-order valence-corrected chi connectivity index (χ1v) is 6.98. The van der Waals surface area contributed by atoms with Crippen molar-refractivity contribution in [2.45, 2.75) is 24.8 Å². The Morgan fingerprint density at radius 1 is 1.44 bits per heavy atom. The monoisotopic (exact) mass is 270 g/mol. The lowest BCUT2D eigenvalue weighted by Crippen LogP contribution is -2.20. The van der Waals surface area contributed by atoms with E-state index in [1.54, 1.807) is 13.1 Å². The van der Waals surface area contributed by atoms with E-state index in [9.17, 15) is 9.18 Å². The molecule has 0 spiro atoms. The fourth-order valence-corrected chi connectivity index (χ4v) is 2.35. The molecule has 3 nitrogen and oxygen atoms in total. The van der Waals surface area contributed by atoms with Gasteiger partial charge in [-0.15, -0.1) is 11.8 Å². The quantitative estimate of drug-likeness (QED) is 0.589. The number of thioether (sulfide) groups is 1. The molecular formula is C13H19FN2OS. The number of benzene rings is 1. The van der Waals surface area contributed by atoms with Crippen molar-refractivity contribution in [1.29, 1.82) is 0 Å². The summed E-state index contributed by atoms with van der Waals surface area (Å²) in [6, 6.07) is 4.68. The molecule has 0 fully saturated rings. The first-order chi connectivity index (χ1) is 8.67. The molecule has 0 saturated carbocycles. The van der Waals surface area contributed by atoms with Gasteiger partial charge in [-0.2, -0.15) is 0 Å². The summed E-state index contributed by atoms with van der Waals surface area (Å²) in [7, 11) is 1.61. The summed E-state index contributed by atoms with van der Waals surface area (Å²) in [6.45, 7) is 3.61. The topological polar surface area (TPSA) is 41.1 Å². The van der Waals surface area contributed by atoms with E-state index in [2.05, 4.69) is 17.6 Å². The van der Waals surface area contributed by atoms with Gasteiger partial charge in [0.2, 0.25) is 5.91 Å². The minimum absolute atomic E-state index is 0.0307. The molecule has 1 aromatic carbocycles. The lowest BCUT2D eigenvalue weighted by atomic mass is 10.2. The van der Waals surface area contributed by atoms with Crippen LogP contribution in [0.5, 0.6) is 0 Å². The van der Waals surface area contributed by atoms with E-state index >= 15 is 0 Å². The molecule has 0 unspecified atom stereocenters. The highest BCUT2D eigenvalue weighted by Gasteiger charge is 2.07. The van der Waals surface area contributed by atoms with Gasteiger partial charge < -0.3 is 10.6 Å². The average Bonchev–Trinajstić information content (AvgIpc) is 2.37. The van der Waals surface area contributed by atoms with E-state index < -0.39 is 0 Å². The Bertz CT molecular complexity index is 399. The summed E-state index contributed by atoms with van der Waals surface area (Å²) < 4.78 is 13.2. The molecule has 0 aromatic heterocycles. The van der Waals surface area contributed by atoms with Crippen LogP contribution >= 0.6 is 11.8 Å². The van der Waals surface area contributed by atoms with Gasteiger partial charge in [0, 0.05) is 18.5 Å². The van der Waals surface area contributed by atoms with E-state index in [1.807, 2.05) is 0 Å². The van der Waals surface area contributed by atoms with Gasteiger partial charge in [0.15, 0.2) is 0 Å². The van der Waals surface area contributed by atoms with Crippen molar-refractivity contribution in [3.05, 3.63) is 29.6 Å². The fraction of sp³-hybridized carbons (Fsp3) is 0.462. The van der Waals surface area contributed by atoms with Crippen molar-refractivity contribution in [3.8, 4) is 0 Å². The Hall–Kier alpha value is -1.07. The second-order valence-electron chi connectivity index (χ2n) is 3.89. The molecule has 0 aliphatic rings. The summed E-state index contributed by atoms with van der Waals surface area (Å²) in [5.41, 5.74) is 0.900. The van der Waals surface area contributed by atoms with Gasteiger partial charge in [-0.1, -0.05) is 6.92 Å². The lowest BCUT2D eigenvalue weighted by Gasteiger charge is -2.10. The highest BCUT2D eigenvalue weighted by Crippen LogP contribution is 2.23. The van der Waals surface area contributed by atoms with Crippen LogP contribution in [0, 0.1) is 5.82 Å². The second kappa shape index (κ2) is 8.11. The Morgan fingerprint density at radius 2 is 2.22 bits per heavy atom. The van der Waals surface area contributed by atoms with Crippen LogP contribution in [0.25, 0.3) is 0 Å². The normalized spacial score (nSPS) is 10.4. The van der Waals surface area contributed by atoms with Crippen molar-refractivity contribution >= 4 is 17.7 Å². The molecule has 0 heterocycles. The maximum Gasteiger partial charge on any atom is 0.230 e. The number of hydrogen-bond acceptors (Lipinski definition) is 3. The molecule has 0 bridgehead atoms. The Balaban J connectivity index is 2.66. The number of nitrogens with one attached hydrogen (secondary N) is 2. The maximum atomic E-state index is 13.2. The zero-order chi connectivity index (χ0) is 13.4. The maximum absolute atomic E-state index is 13.2. The van der Waals surface area contributed by atoms with Crippen molar-refractivity contribution in [2.24, 2.45) is 0 Å². The van der Waals surface area contributed by atoms with Gasteiger partial charge in [0.05, 0.1) is 5.75 Å². The highest BCUT2D eigenvalue weighted by molar-refractivity contribution is 8.00. The van der Waals surface area contributed by atoms with E-state index in [0.717, 1.165) is 23.4 Å². The van der Waals surface area contributed by atoms with Crippen molar-refractivity contribution < 1.29 is 9.18 Å². The van der Waals surface area contributed by atoms with Crippen molar-refractivity contribution in [2.75, 3.05) is 19.3 Å². The fourth-order valence-electron chi connectivity index (χ4n) is 1.44. The minimum Gasteiger partial charge on any atom is -0.358 e. The number of rotatable bonds is 7. The molecule has 0 radical (unpaired) electrons. The molecule has 2 N–H and O–H groups in total. The predicted molar refractivity (Wildman–Crippen MR) is 73.2 cm³/mol. The molecule has 0 aliphatic heterocycles. The van der Waals surface area contributed by atoms with Gasteiger partial charge in [-0.3, -0.25) is 4.79 Å². The Labute approximate surface area is 112 Å². The van der Waals surface area contributed by atoms with Crippen LogP contribution in [0.4, 0.5) is 4.39 Å². The first-order valence-electron chi connectivity index (χ1n) is 6.00. The molecule has 1 aromatic rings. The van der Waals surface area contributed by atoms with Gasteiger partial charge in [-0.05, 0) is 36.7 Å². The van der Waals surface area contributed by atoms with Crippen LogP contribution in [-0.2, 0) is 11.3 Å². The smallest absolute Gasteiger partial charge is 0.230 e. The number of halogens is 1. The SMILES string of the molecule is CCCNCc1cc(F)ccc1SCC(=O)NC. The molecule has 18 heavy (non-hydrogen) atoms. The molecular weight excluding hydrogens is 251 g/mol. The van der Waals surface area contributed by atoms with Gasteiger partial charge in [-0.25, -0.2) is 4.39 Å². The average molecular weight is 270 g/mol. The zero-order valence-corrected chi connectivity index (χ0v) is 11.6. The summed E-state index contributed by atoms with van der Waals surface area (Å²) in [5.74, 6) is 0.0764. The standard InChI is InChI=1S/C13H19FN2OS/c1-3-6-16-8-10-7-11(14)4-5-12(10)18-9-13(17)15-2/h4-5,7,16H,3,6,8-9H2,1-2H3,(H,15,17). The van der Waals surface area contributed by atoms with Crippen LogP contribution in [0.3, 0.4) is 0 Å². The molecule has 1 rings (SSSR count). The molecule has 5 heteroatoms. The summed E-state index contributed by atoms with van der Waals surface area (Å²) in [5, 5.41) is 5.81. The lowest BCUT2D eigenvalue weighted by molar-refractivity contribution is -0.118. The highest BCUT2D eigenvalue weighted by atomic mass is 32.2. The van der Waals surface area contributed by atoms with Crippen molar-refractivity contribution in [1.82, 2.24) is 10.6 Å². The van der Waals surface area contributed by atoms with E-state index in [-0.39, 0.29) is 11.7 Å². The third-order valence-electron chi connectivity index (χ3n) is 2.40. The van der Waals surface area contributed by atoms with Crippen molar-refractivity contribution in [3.63, 3.8) is 0 Å². The van der Waals surface area contributed by atoms with E-state index in [0.29, 0.717) is 12.3 Å². The van der Waals surface area contributed by atoms with E-state index in [1.165, 1.54) is 23.9 Å². The number of amides is 1. The second-order valence-corrected chi connectivity index (χ2v) is 4.91. The number of carbonyl (C=O) groups is 1. The number of carbonyl (C=O) groups excluding carboxylic acids is 1. The number of hydrogen-bond donors (Lipinski definition) is 2. The summed E-state index contributed by atoms with van der Waals surface area (Å²) in [6.07, 6.45) is 1.04. The third kappa shape index (κ3) is 5.06. The van der Waals surface area contributed by atoms with Gasteiger partial charge in [0.25, 0.3) is 0 Å².